The molecule has 0 bridgehead atoms. The highest BCUT2D eigenvalue weighted by Gasteiger charge is 2.39. The Morgan fingerprint density at radius 3 is 1.53 bits per heavy atom. The Morgan fingerprint density at radius 2 is 1.12 bits per heavy atom. The first kappa shape index (κ1) is 10.6. The van der Waals surface area contributed by atoms with Gasteiger partial charge in [-0.05, 0) is 35.1 Å². The van der Waals surface area contributed by atoms with Crippen molar-refractivity contribution in [1.82, 2.24) is 0 Å². The van der Waals surface area contributed by atoms with Gasteiger partial charge in [0.25, 0.3) is 0 Å². The second-order valence-corrected chi connectivity index (χ2v) is 4.88. The Hall–Kier alpha value is -1.56. The van der Waals surface area contributed by atoms with E-state index >= 15 is 0 Å². The van der Waals surface area contributed by atoms with E-state index in [1.165, 1.54) is 35.1 Å². The van der Waals surface area contributed by atoms with Crippen molar-refractivity contribution >= 4 is 0 Å². The molecule has 0 heterocycles. The van der Waals surface area contributed by atoms with Crippen LogP contribution in [0.3, 0.4) is 0 Å². The molecule has 0 N–H and O–H groups in total. The Morgan fingerprint density at radius 1 is 0.706 bits per heavy atom. The van der Waals surface area contributed by atoms with E-state index in [2.05, 4.69) is 62.4 Å². The summed E-state index contributed by atoms with van der Waals surface area (Å²) in [5.41, 5.74) is 6.16. The van der Waals surface area contributed by atoms with Crippen molar-refractivity contribution in [3.8, 4) is 11.1 Å². The normalized spacial score (nSPS) is 15.4. The van der Waals surface area contributed by atoms with E-state index in [-0.39, 0.29) is 5.41 Å². The maximum atomic E-state index is 2.31. The Bertz CT molecular complexity index is 500. The van der Waals surface area contributed by atoms with E-state index in [1.807, 2.05) is 0 Å². The van der Waals surface area contributed by atoms with Gasteiger partial charge in [-0.2, -0.15) is 0 Å². The zero-order valence-electron chi connectivity index (χ0n) is 10.5. The molecule has 17 heavy (non-hydrogen) atoms. The second-order valence-electron chi connectivity index (χ2n) is 4.88. The summed E-state index contributed by atoms with van der Waals surface area (Å²) in [7, 11) is 0. The van der Waals surface area contributed by atoms with Crippen molar-refractivity contribution in [3.63, 3.8) is 0 Å². The lowest BCUT2D eigenvalue weighted by atomic mass is 9.74. The number of fused-ring (bicyclic) bond motifs is 3. The van der Waals surface area contributed by atoms with Crippen LogP contribution >= 0.6 is 0 Å². The third kappa shape index (κ3) is 1.24. The van der Waals surface area contributed by atoms with Crippen LogP contribution in [0, 0.1) is 0 Å². The van der Waals surface area contributed by atoms with Crippen molar-refractivity contribution in [2.45, 2.75) is 32.1 Å². The van der Waals surface area contributed by atoms with Gasteiger partial charge in [-0.25, -0.2) is 0 Å². The lowest BCUT2D eigenvalue weighted by Gasteiger charge is -2.29. The molecule has 0 heteroatoms. The minimum atomic E-state index is 0.243. The van der Waals surface area contributed by atoms with Gasteiger partial charge in [0.15, 0.2) is 0 Å². The van der Waals surface area contributed by atoms with Gasteiger partial charge in [0.2, 0.25) is 0 Å². The smallest absolute Gasteiger partial charge is 0.0210 e. The number of rotatable bonds is 2. The van der Waals surface area contributed by atoms with Gasteiger partial charge in [0, 0.05) is 5.41 Å². The largest absolute Gasteiger partial charge is 0.0642 e. The van der Waals surface area contributed by atoms with Crippen LogP contribution in [0.15, 0.2) is 48.5 Å². The summed E-state index contributed by atoms with van der Waals surface area (Å²) >= 11 is 0. The predicted octanol–water partition coefficient (Wildman–Crippen LogP) is 4.77. The van der Waals surface area contributed by atoms with Gasteiger partial charge in [0.05, 0.1) is 0 Å². The molecule has 0 unspecified atom stereocenters. The van der Waals surface area contributed by atoms with Crippen LogP contribution in [0.4, 0.5) is 0 Å². The minimum Gasteiger partial charge on any atom is -0.0642 e. The van der Waals surface area contributed by atoms with Crippen molar-refractivity contribution in [3.05, 3.63) is 59.7 Å². The summed E-state index contributed by atoms with van der Waals surface area (Å²) in [6, 6.07) is 17.8. The first-order chi connectivity index (χ1) is 8.33. The topological polar surface area (TPSA) is 0 Å². The molecule has 0 amide bonds. The SMILES string of the molecule is CCC1(CC)c2ccccc2-c2ccccc21. The van der Waals surface area contributed by atoms with Crippen LogP contribution in [0.2, 0.25) is 0 Å². The van der Waals surface area contributed by atoms with E-state index in [0.717, 1.165) is 0 Å². The molecular weight excluding hydrogens is 204 g/mol. The first-order valence-electron chi connectivity index (χ1n) is 6.53. The zero-order valence-corrected chi connectivity index (χ0v) is 10.5. The molecule has 1 aliphatic rings. The van der Waals surface area contributed by atoms with Crippen molar-refractivity contribution in [2.75, 3.05) is 0 Å². The number of benzene rings is 2. The molecule has 0 aromatic heterocycles. The molecule has 86 valence electrons. The summed E-state index contributed by atoms with van der Waals surface area (Å²) in [6.45, 7) is 4.62. The van der Waals surface area contributed by atoms with Gasteiger partial charge >= 0.3 is 0 Å². The Labute approximate surface area is 103 Å². The third-order valence-corrected chi connectivity index (χ3v) is 4.38. The van der Waals surface area contributed by atoms with E-state index in [1.54, 1.807) is 0 Å². The molecule has 0 radical (unpaired) electrons. The lowest BCUT2D eigenvalue weighted by Crippen LogP contribution is -2.22. The molecule has 3 rings (SSSR count). The third-order valence-electron chi connectivity index (χ3n) is 4.38. The number of hydrogen-bond acceptors (Lipinski definition) is 0. The molecule has 0 atom stereocenters. The highest BCUT2D eigenvalue weighted by atomic mass is 14.4. The summed E-state index contributed by atoms with van der Waals surface area (Å²) in [4.78, 5) is 0. The molecule has 0 spiro atoms. The van der Waals surface area contributed by atoms with Crippen molar-refractivity contribution in [2.24, 2.45) is 0 Å². The average molecular weight is 222 g/mol. The molecule has 2 aromatic carbocycles. The quantitative estimate of drug-likeness (QED) is 0.686. The monoisotopic (exact) mass is 222 g/mol. The van der Waals surface area contributed by atoms with Crippen LogP contribution in [0.25, 0.3) is 11.1 Å². The molecule has 0 fully saturated rings. The molecule has 1 aliphatic carbocycles. The summed E-state index contributed by atoms with van der Waals surface area (Å²) in [6.07, 6.45) is 2.36. The molecule has 0 nitrogen and oxygen atoms in total. The van der Waals surface area contributed by atoms with E-state index in [4.69, 9.17) is 0 Å². The van der Waals surface area contributed by atoms with Gasteiger partial charge in [0.1, 0.15) is 0 Å². The Kier molecular flexibility index (Phi) is 2.32. The average Bonchev–Trinajstić information content (AvgIpc) is 2.70. The fraction of sp³-hybridized carbons (Fsp3) is 0.294. The van der Waals surface area contributed by atoms with Crippen molar-refractivity contribution < 1.29 is 0 Å². The van der Waals surface area contributed by atoms with E-state index in [0.29, 0.717) is 0 Å². The Balaban J connectivity index is 2.38. The highest BCUT2D eigenvalue weighted by Crippen LogP contribution is 2.52. The fourth-order valence-electron chi connectivity index (χ4n) is 3.43. The summed E-state index contributed by atoms with van der Waals surface area (Å²) < 4.78 is 0. The van der Waals surface area contributed by atoms with Crippen LogP contribution in [0.1, 0.15) is 37.8 Å². The number of hydrogen-bond donors (Lipinski definition) is 0. The lowest BCUT2D eigenvalue weighted by molar-refractivity contribution is 0.490. The van der Waals surface area contributed by atoms with Crippen LogP contribution in [0.5, 0.6) is 0 Å². The standard InChI is InChI=1S/C17H18/c1-3-17(4-2)15-11-7-5-9-13(15)14-10-6-8-12-16(14)17/h5-12H,3-4H2,1-2H3. The van der Waals surface area contributed by atoms with Crippen molar-refractivity contribution in [1.29, 1.82) is 0 Å². The second kappa shape index (κ2) is 3.73. The van der Waals surface area contributed by atoms with Gasteiger partial charge in [-0.1, -0.05) is 62.4 Å². The first-order valence-corrected chi connectivity index (χ1v) is 6.53. The predicted molar refractivity (Wildman–Crippen MR) is 73.2 cm³/mol. The van der Waals surface area contributed by atoms with Gasteiger partial charge in [-0.15, -0.1) is 0 Å². The molecule has 2 aromatic rings. The summed E-state index contributed by atoms with van der Waals surface area (Å²) in [5, 5.41) is 0. The maximum absolute atomic E-state index is 2.31. The van der Waals surface area contributed by atoms with E-state index in [9.17, 15) is 0 Å². The van der Waals surface area contributed by atoms with E-state index < -0.39 is 0 Å². The minimum absolute atomic E-state index is 0.243. The van der Waals surface area contributed by atoms with Gasteiger partial charge < -0.3 is 0 Å². The molecule has 0 saturated heterocycles. The van der Waals surface area contributed by atoms with Crippen LogP contribution in [-0.2, 0) is 5.41 Å². The maximum Gasteiger partial charge on any atom is 0.0210 e. The fourth-order valence-corrected chi connectivity index (χ4v) is 3.43. The molecule has 0 saturated carbocycles. The zero-order chi connectivity index (χ0) is 11.9. The molecule has 0 aliphatic heterocycles. The van der Waals surface area contributed by atoms with Crippen LogP contribution < -0.4 is 0 Å². The summed E-state index contributed by atoms with van der Waals surface area (Å²) in [5.74, 6) is 0. The van der Waals surface area contributed by atoms with Crippen LogP contribution in [-0.4, -0.2) is 0 Å². The highest BCUT2D eigenvalue weighted by molar-refractivity contribution is 5.80. The van der Waals surface area contributed by atoms with Gasteiger partial charge in [-0.3, -0.25) is 0 Å². The molecular formula is C17H18.